The van der Waals surface area contributed by atoms with E-state index < -0.39 is 0 Å². The van der Waals surface area contributed by atoms with E-state index in [1.54, 1.807) is 27.7 Å². The number of carbonyl (C=O) groups is 1. The number of thioether (sulfide) groups is 1. The number of nitrogens with zero attached hydrogens (tertiary/aromatic N) is 3. The van der Waals surface area contributed by atoms with Crippen LogP contribution in [-0.2, 0) is 16.1 Å². The fraction of sp³-hybridized carbons (Fsp3) is 0.348. The van der Waals surface area contributed by atoms with Crippen LogP contribution in [0.1, 0.15) is 20.3 Å². The zero-order chi connectivity index (χ0) is 22.2. The molecular formula is C23H26ClN3O3S. The number of anilines is 1. The molecule has 3 rings (SSSR count). The number of para-hydroxylation sites is 1. The minimum Gasteiger partial charge on any atom is -0.382 e. The van der Waals surface area contributed by atoms with Gasteiger partial charge in [0.25, 0.3) is 5.56 Å². The topological polar surface area (TPSA) is 64.4 Å². The molecule has 1 heterocycles. The van der Waals surface area contributed by atoms with Crippen LogP contribution < -0.4 is 10.5 Å². The van der Waals surface area contributed by atoms with E-state index in [-0.39, 0.29) is 17.2 Å². The highest BCUT2D eigenvalue weighted by Crippen LogP contribution is 2.22. The normalized spacial score (nSPS) is 11.1. The van der Waals surface area contributed by atoms with Crippen LogP contribution in [0.3, 0.4) is 0 Å². The van der Waals surface area contributed by atoms with Crippen molar-refractivity contribution >= 4 is 45.9 Å². The summed E-state index contributed by atoms with van der Waals surface area (Å²) in [5.74, 6) is 0.132. The molecule has 0 aliphatic heterocycles. The second kappa shape index (κ2) is 11.3. The molecule has 0 aliphatic carbocycles. The van der Waals surface area contributed by atoms with E-state index in [0.717, 1.165) is 5.69 Å². The molecule has 6 nitrogen and oxygen atoms in total. The minimum atomic E-state index is -0.136. The predicted octanol–water partition coefficient (Wildman–Crippen LogP) is 4.62. The van der Waals surface area contributed by atoms with Gasteiger partial charge in [-0.3, -0.25) is 14.2 Å². The van der Waals surface area contributed by atoms with Gasteiger partial charge in [0.15, 0.2) is 5.16 Å². The Kier molecular flexibility index (Phi) is 8.51. The van der Waals surface area contributed by atoms with Crippen LogP contribution in [0.4, 0.5) is 5.69 Å². The smallest absolute Gasteiger partial charge is 0.262 e. The minimum absolute atomic E-state index is 0.0417. The number of carbonyl (C=O) groups excluding carboxylic acids is 1. The van der Waals surface area contributed by atoms with E-state index >= 15 is 0 Å². The van der Waals surface area contributed by atoms with Crippen LogP contribution in [0.5, 0.6) is 0 Å². The molecular weight excluding hydrogens is 434 g/mol. The molecule has 1 amide bonds. The Morgan fingerprint density at radius 2 is 1.97 bits per heavy atom. The van der Waals surface area contributed by atoms with E-state index in [1.165, 1.54) is 11.8 Å². The molecule has 0 fully saturated rings. The second-order valence-corrected chi connectivity index (χ2v) is 8.20. The molecule has 0 bridgehead atoms. The summed E-state index contributed by atoms with van der Waals surface area (Å²) in [5, 5.41) is 1.53. The number of halogens is 1. The monoisotopic (exact) mass is 459 g/mol. The fourth-order valence-electron chi connectivity index (χ4n) is 3.27. The van der Waals surface area contributed by atoms with Gasteiger partial charge in [0.05, 0.1) is 16.7 Å². The van der Waals surface area contributed by atoms with Gasteiger partial charge in [0, 0.05) is 37.0 Å². The van der Waals surface area contributed by atoms with Gasteiger partial charge in [-0.1, -0.05) is 41.6 Å². The Labute approximate surface area is 191 Å². The van der Waals surface area contributed by atoms with Gasteiger partial charge in [-0.25, -0.2) is 4.98 Å². The van der Waals surface area contributed by atoms with Gasteiger partial charge in [-0.15, -0.1) is 0 Å². The van der Waals surface area contributed by atoms with Crippen LogP contribution in [-0.4, -0.2) is 41.0 Å². The molecule has 0 spiro atoms. The Hall–Kier alpha value is -2.35. The summed E-state index contributed by atoms with van der Waals surface area (Å²) in [7, 11) is 0. The van der Waals surface area contributed by atoms with Gasteiger partial charge in [-0.2, -0.15) is 0 Å². The number of fused-ring (bicyclic) bond motifs is 1. The predicted molar refractivity (Wildman–Crippen MR) is 127 cm³/mol. The van der Waals surface area contributed by atoms with Crippen molar-refractivity contribution in [1.82, 2.24) is 9.55 Å². The van der Waals surface area contributed by atoms with Crippen LogP contribution in [0.25, 0.3) is 10.9 Å². The summed E-state index contributed by atoms with van der Waals surface area (Å²) in [6, 6.07) is 14.6. The number of aromatic nitrogens is 2. The van der Waals surface area contributed by atoms with Gasteiger partial charge >= 0.3 is 0 Å². The van der Waals surface area contributed by atoms with Crippen LogP contribution in [0, 0.1) is 0 Å². The number of rotatable bonds is 10. The summed E-state index contributed by atoms with van der Waals surface area (Å²) < 4.78 is 7.04. The third kappa shape index (κ3) is 5.87. The van der Waals surface area contributed by atoms with E-state index in [2.05, 4.69) is 4.98 Å². The van der Waals surface area contributed by atoms with E-state index in [1.807, 2.05) is 44.2 Å². The SMILES string of the molecule is CCOCCCn1c(SCC(=O)N(CC)c2ccccc2)nc2cc(Cl)ccc2c1=O. The molecule has 1 aromatic heterocycles. The first-order valence-corrected chi connectivity index (χ1v) is 11.7. The summed E-state index contributed by atoms with van der Waals surface area (Å²) in [5.41, 5.74) is 1.25. The molecule has 0 saturated heterocycles. The molecule has 2 aromatic carbocycles. The lowest BCUT2D eigenvalue weighted by Crippen LogP contribution is -2.32. The average Bonchev–Trinajstić information content (AvgIpc) is 2.77. The molecule has 0 N–H and O–H groups in total. The maximum absolute atomic E-state index is 13.1. The molecule has 8 heteroatoms. The van der Waals surface area contributed by atoms with Crippen molar-refractivity contribution in [3.63, 3.8) is 0 Å². The highest BCUT2D eigenvalue weighted by atomic mass is 35.5. The number of benzene rings is 2. The lowest BCUT2D eigenvalue weighted by molar-refractivity contribution is -0.116. The third-order valence-corrected chi connectivity index (χ3v) is 5.96. The maximum atomic E-state index is 13.1. The number of ether oxygens (including phenoxy) is 1. The van der Waals surface area contributed by atoms with Crippen molar-refractivity contribution in [2.75, 3.05) is 30.4 Å². The molecule has 0 unspecified atom stereocenters. The van der Waals surface area contributed by atoms with Gasteiger partial charge < -0.3 is 9.64 Å². The number of hydrogen-bond donors (Lipinski definition) is 0. The molecule has 0 aliphatic rings. The zero-order valence-corrected chi connectivity index (χ0v) is 19.3. The first-order valence-electron chi connectivity index (χ1n) is 10.3. The van der Waals surface area contributed by atoms with Crippen molar-refractivity contribution < 1.29 is 9.53 Å². The lowest BCUT2D eigenvalue weighted by atomic mass is 10.2. The lowest BCUT2D eigenvalue weighted by Gasteiger charge is -2.21. The molecule has 0 atom stereocenters. The standard InChI is InChI=1S/C23H26ClN3O3S/c1-3-26(18-9-6-5-7-10-18)21(28)16-31-23-25-20-15-17(24)11-12-19(20)22(29)27(23)13-8-14-30-4-2/h5-7,9-12,15H,3-4,8,13-14,16H2,1-2H3. The highest BCUT2D eigenvalue weighted by Gasteiger charge is 2.17. The molecule has 31 heavy (non-hydrogen) atoms. The van der Waals surface area contributed by atoms with Gasteiger partial charge in [0.1, 0.15) is 0 Å². The second-order valence-electron chi connectivity index (χ2n) is 6.83. The van der Waals surface area contributed by atoms with E-state index in [0.29, 0.717) is 53.8 Å². The summed E-state index contributed by atoms with van der Waals surface area (Å²) in [4.78, 5) is 32.4. The first-order chi connectivity index (χ1) is 15.0. The molecule has 3 aromatic rings. The summed E-state index contributed by atoms with van der Waals surface area (Å²) in [6.45, 7) is 6.10. The van der Waals surface area contributed by atoms with Crippen molar-refractivity contribution in [2.24, 2.45) is 0 Å². The summed E-state index contributed by atoms with van der Waals surface area (Å²) in [6.07, 6.45) is 0.682. The average molecular weight is 460 g/mol. The molecule has 0 radical (unpaired) electrons. The Bertz CT molecular complexity index is 1090. The number of amides is 1. The van der Waals surface area contributed by atoms with Gasteiger partial charge in [0.2, 0.25) is 5.91 Å². The van der Waals surface area contributed by atoms with Crippen LogP contribution in [0.2, 0.25) is 5.02 Å². The Balaban J connectivity index is 1.86. The third-order valence-electron chi connectivity index (χ3n) is 4.77. The van der Waals surface area contributed by atoms with Crippen molar-refractivity contribution in [3.8, 4) is 0 Å². The largest absolute Gasteiger partial charge is 0.382 e. The summed E-state index contributed by atoms with van der Waals surface area (Å²) >= 11 is 7.37. The van der Waals surface area contributed by atoms with E-state index in [4.69, 9.17) is 16.3 Å². The van der Waals surface area contributed by atoms with Crippen LogP contribution in [0.15, 0.2) is 58.5 Å². The first kappa shape index (κ1) is 23.3. The van der Waals surface area contributed by atoms with Crippen molar-refractivity contribution in [2.45, 2.75) is 32.0 Å². The number of hydrogen-bond acceptors (Lipinski definition) is 5. The Morgan fingerprint density at radius 3 is 2.68 bits per heavy atom. The van der Waals surface area contributed by atoms with Crippen molar-refractivity contribution in [1.29, 1.82) is 0 Å². The van der Waals surface area contributed by atoms with Crippen molar-refractivity contribution in [3.05, 3.63) is 63.9 Å². The highest BCUT2D eigenvalue weighted by molar-refractivity contribution is 7.99. The molecule has 164 valence electrons. The van der Waals surface area contributed by atoms with Crippen LogP contribution >= 0.6 is 23.4 Å². The Morgan fingerprint density at radius 1 is 1.19 bits per heavy atom. The maximum Gasteiger partial charge on any atom is 0.262 e. The zero-order valence-electron chi connectivity index (χ0n) is 17.7. The van der Waals surface area contributed by atoms with Gasteiger partial charge in [-0.05, 0) is 50.6 Å². The fourth-order valence-corrected chi connectivity index (χ4v) is 4.33. The van der Waals surface area contributed by atoms with E-state index in [9.17, 15) is 9.59 Å². The molecule has 0 saturated carbocycles. The quantitative estimate of drug-likeness (QED) is 0.251.